The standard InChI is InChI=1S/C16H14BrNO3/c1-9-3-5-11(17)8-12(9)15(19)10-4-6-13-14(7-10)21-16(20)18(13)2/h3-8,15,19H,1-2H3. The summed E-state index contributed by atoms with van der Waals surface area (Å²) in [6, 6.07) is 11.1. The summed E-state index contributed by atoms with van der Waals surface area (Å²) >= 11 is 3.42. The van der Waals surface area contributed by atoms with Gasteiger partial charge in [-0.1, -0.05) is 28.1 Å². The predicted molar refractivity (Wildman–Crippen MR) is 84.4 cm³/mol. The summed E-state index contributed by atoms with van der Waals surface area (Å²) in [5.74, 6) is -0.407. The second-order valence-corrected chi connectivity index (χ2v) is 5.97. The lowest BCUT2D eigenvalue weighted by molar-refractivity contribution is 0.219. The first-order valence-electron chi connectivity index (χ1n) is 6.51. The molecule has 0 spiro atoms. The van der Waals surface area contributed by atoms with Crippen molar-refractivity contribution in [2.45, 2.75) is 13.0 Å². The first-order chi connectivity index (χ1) is 9.97. The summed E-state index contributed by atoms with van der Waals surface area (Å²) in [4.78, 5) is 11.5. The van der Waals surface area contributed by atoms with E-state index in [0.717, 1.165) is 15.6 Å². The molecule has 0 radical (unpaired) electrons. The van der Waals surface area contributed by atoms with E-state index in [9.17, 15) is 9.90 Å². The smallest absolute Gasteiger partial charge is 0.408 e. The molecule has 0 bridgehead atoms. The van der Waals surface area contributed by atoms with Gasteiger partial charge < -0.3 is 9.52 Å². The zero-order valence-corrected chi connectivity index (χ0v) is 13.2. The molecule has 3 aromatic rings. The van der Waals surface area contributed by atoms with Crippen LogP contribution in [0.2, 0.25) is 0 Å². The van der Waals surface area contributed by atoms with Crippen LogP contribution in [0.4, 0.5) is 0 Å². The number of oxazole rings is 1. The number of aryl methyl sites for hydroxylation is 2. The van der Waals surface area contributed by atoms with Crippen LogP contribution >= 0.6 is 15.9 Å². The highest BCUT2D eigenvalue weighted by Crippen LogP contribution is 2.29. The van der Waals surface area contributed by atoms with Crippen molar-refractivity contribution < 1.29 is 9.52 Å². The minimum atomic E-state index is -0.766. The topological polar surface area (TPSA) is 55.4 Å². The van der Waals surface area contributed by atoms with Gasteiger partial charge in [-0.25, -0.2) is 4.79 Å². The molecule has 108 valence electrons. The van der Waals surface area contributed by atoms with Crippen LogP contribution in [-0.4, -0.2) is 9.67 Å². The van der Waals surface area contributed by atoms with E-state index in [1.165, 1.54) is 4.57 Å². The van der Waals surface area contributed by atoms with Crippen molar-refractivity contribution in [3.63, 3.8) is 0 Å². The van der Waals surface area contributed by atoms with Crippen LogP contribution in [-0.2, 0) is 7.05 Å². The average Bonchev–Trinajstić information content (AvgIpc) is 2.75. The third-order valence-corrected chi connectivity index (χ3v) is 4.16. The van der Waals surface area contributed by atoms with Crippen molar-refractivity contribution in [1.29, 1.82) is 0 Å². The second kappa shape index (κ2) is 5.16. The molecule has 5 heteroatoms. The Hall–Kier alpha value is -1.85. The minimum Gasteiger partial charge on any atom is -0.408 e. The molecule has 21 heavy (non-hydrogen) atoms. The Morgan fingerprint density at radius 2 is 2.00 bits per heavy atom. The van der Waals surface area contributed by atoms with E-state index in [1.54, 1.807) is 19.2 Å². The molecule has 1 atom stereocenters. The predicted octanol–water partition coefficient (Wildman–Crippen LogP) is 3.28. The Balaban J connectivity index is 2.11. The Morgan fingerprint density at radius 3 is 2.76 bits per heavy atom. The molecule has 1 N–H and O–H groups in total. The molecule has 1 aromatic heterocycles. The molecule has 3 rings (SSSR count). The molecule has 0 aliphatic rings. The lowest BCUT2D eigenvalue weighted by Crippen LogP contribution is -2.08. The molecule has 0 saturated heterocycles. The summed E-state index contributed by atoms with van der Waals surface area (Å²) in [5.41, 5.74) is 3.70. The zero-order chi connectivity index (χ0) is 15.1. The van der Waals surface area contributed by atoms with Crippen LogP contribution in [0, 0.1) is 6.92 Å². The fourth-order valence-corrected chi connectivity index (χ4v) is 2.78. The highest BCUT2D eigenvalue weighted by molar-refractivity contribution is 9.10. The van der Waals surface area contributed by atoms with E-state index in [1.807, 2.05) is 31.2 Å². The van der Waals surface area contributed by atoms with Gasteiger partial charge in [0, 0.05) is 11.5 Å². The van der Waals surface area contributed by atoms with Gasteiger partial charge in [0.25, 0.3) is 0 Å². The molecular formula is C16H14BrNO3. The van der Waals surface area contributed by atoms with Gasteiger partial charge in [0.1, 0.15) is 6.10 Å². The Morgan fingerprint density at radius 1 is 1.24 bits per heavy atom. The fourth-order valence-electron chi connectivity index (χ4n) is 2.41. The van der Waals surface area contributed by atoms with Crippen LogP contribution in [0.25, 0.3) is 11.1 Å². The number of aliphatic hydroxyl groups is 1. The highest BCUT2D eigenvalue weighted by atomic mass is 79.9. The molecule has 0 amide bonds. The van der Waals surface area contributed by atoms with Crippen molar-refractivity contribution in [2.24, 2.45) is 7.05 Å². The molecule has 0 saturated carbocycles. The van der Waals surface area contributed by atoms with Crippen molar-refractivity contribution >= 4 is 27.0 Å². The molecule has 1 heterocycles. The Kier molecular flexibility index (Phi) is 3.47. The van der Waals surface area contributed by atoms with Gasteiger partial charge in [0.2, 0.25) is 0 Å². The summed E-state index contributed by atoms with van der Waals surface area (Å²) in [6.45, 7) is 1.95. The SMILES string of the molecule is Cc1ccc(Br)cc1C(O)c1ccc2c(c1)oc(=O)n2C. The van der Waals surface area contributed by atoms with Crippen molar-refractivity contribution in [2.75, 3.05) is 0 Å². The molecule has 2 aromatic carbocycles. The van der Waals surface area contributed by atoms with E-state index in [-0.39, 0.29) is 0 Å². The minimum absolute atomic E-state index is 0.407. The molecule has 4 nitrogen and oxygen atoms in total. The number of hydrogen-bond acceptors (Lipinski definition) is 3. The Labute approximate surface area is 129 Å². The number of aliphatic hydroxyl groups excluding tert-OH is 1. The van der Waals surface area contributed by atoms with Crippen LogP contribution in [0.15, 0.2) is 50.1 Å². The summed E-state index contributed by atoms with van der Waals surface area (Å²) in [6.07, 6.45) is -0.766. The molecule has 0 aliphatic carbocycles. The third-order valence-electron chi connectivity index (χ3n) is 3.67. The fraction of sp³-hybridized carbons (Fsp3) is 0.188. The van der Waals surface area contributed by atoms with Crippen molar-refractivity contribution in [3.8, 4) is 0 Å². The molecule has 1 unspecified atom stereocenters. The molecule has 0 aliphatic heterocycles. The monoisotopic (exact) mass is 347 g/mol. The highest BCUT2D eigenvalue weighted by Gasteiger charge is 2.15. The zero-order valence-electron chi connectivity index (χ0n) is 11.6. The summed E-state index contributed by atoms with van der Waals surface area (Å²) in [7, 11) is 1.66. The van der Waals surface area contributed by atoms with E-state index in [4.69, 9.17) is 4.42 Å². The van der Waals surface area contributed by atoms with Gasteiger partial charge >= 0.3 is 5.76 Å². The quantitative estimate of drug-likeness (QED) is 0.773. The average molecular weight is 348 g/mol. The Bertz CT molecular complexity index is 879. The second-order valence-electron chi connectivity index (χ2n) is 5.06. The number of fused-ring (bicyclic) bond motifs is 1. The first kappa shape index (κ1) is 14.1. The van der Waals surface area contributed by atoms with E-state index >= 15 is 0 Å². The van der Waals surface area contributed by atoms with Crippen molar-refractivity contribution in [1.82, 2.24) is 4.57 Å². The van der Waals surface area contributed by atoms with Crippen LogP contribution in [0.1, 0.15) is 22.8 Å². The van der Waals surface area contributed by atoms with Gasteiger partial charge in [-0.05, 0) is 47.9 Å². The molecular weight excluding hydrogens is 334 g/mol. The largest absolute Gasteiger partial charge is 0.419 e. The van der Waals surface area contributed by atoms with E-state index < -0.39 is 11.9 Å². The lowest BCUT2D eigenvalue weighted by Gasteiger charge is -2.14. The van der Waals surface area contributed by atoms with Gasteiger partial charge in [-0.15, -0.1) is 0 Å². The van der Waals surface area contributed by atoms with Gasteiger partial charge in [-0.3, -0.25) is 4.57 Å². The number of nitrogens with zero attached hydrogens (tertiary/aromatic N) is 1. The number of aromatic nitrogens is 1. The van der Waals surface area contributed by atoms with Crippen LogP contribution in [0.5, 0.6) is 0 Å². The normalized spacial score (nSPS) is 12.8. The number of halogens is 1. The summed E-state index contributed by atoms with van der Waals surface area (Å²) in [5, 5.41) is 10.6. The van der Waals surface area contributed by atoms with E-state index in [2.05, 4.69) is 15.9 Å². The number of rotatable bonds is 2. The van der Waals surface area contributed by atoms with Crippen molar-refractivity contribution in [3.05, 3.63) is 68.1 Å². The van der Waals surface area contributed by atoms with Crippen LogP contribution < -0.4 is 5.76 Å². The van der Waals surface area contributed by atoms with E-state index in [0.29, 0.717) is 16.7 Å². The first-order valence-corrected chi connectivity index (χ1v) is 7.30. The van der Waals surface area contributed by atoms with Gasteiger partial charge in [-0.2, -0.15) is 0 Å². The maximum atomic E-state index is 11.5. The summed E-state index contributed by atoms with van der Waals surface area (Å²) < 4.78 is 7.52. The number of hydrogen-bond donors (Lipinski definition) is 1. The van der Waals surface area contributed by atoms with Crippen LogP contribution in [0.3, 0.4) is 0 Å². The maximum Gasteiger partial charge on any atom is 0.419 e. The lowest BCUT2D eigenvalue weighted by atomic mass is 9.97. The third kappa shape index (κ3) is 2.43. The molecule has 0 fully saturated rings. The number of benzene rings is 2. The van der Waals surface area contributed by atoms with Gasteiger partial charge in [0.05, 0.1) is 5.52 Å². The van der Waals surface area contributed by atoms with Gasteiger partial charge in [0.15, 0.2) is 5.58 Å². The maximum absolute atomic E-state index is 11.5.